The number of aromatic nitrogens is 1. The molecule has 0 atom stereocenters. The lowest BCUT2D eigenvalue weighted by Crippen LogP contribution is -2.04. The minimum atomic E-state index is 0.429. The zero-order valence-corrected chi connectivity index (χ0v) is 8.07. The second-order valence-corrected chi connectivity index (χ2v) is 4.10. The summed E-state index contributed by atoms with van der Waals surface area (Å²) in [5, 5.41) is 3.36. The minimum absolute atomic E-state index is 0.429. The molecule has 14 heavy (non-hydrogen) atoms. The van der Waals surface area contributed by atoms with Crippen molar-refractivity contribution in [2.75, 3.05) is 5.32 Å². The van der Waals surface area contributed by atoms with Gasteiger partial charge < -0.3 is 10.1 Å². The van der Waals surface area contributed by atoms with Crippen LogP contribution >= 0.6 is 0 Å². The van der Waals surface area contributed by atoms with Crippen LogP contribution in [0.15, 0.2) is 18.2 Å². The molecule has 3 rings (SSSR count). The van der Waals surface area contributed by atoms with Gasteiger partial charge in [0.25, 0.3) is 0 Å². The summed E-state index contributed by atoms with van der Waals surface area (Å²) in [6.45, 7) is 0. The number of nitrogens with one attached hydrogen (secondary N) is 1. The summed E-state index contributed by atoms with van der Waals surface area (Å²) >= 11 is 0. The van der Waals surface area contributed by atoms with E-state index in [1.54, 1.807) is 0 Å². The van der Waals surface area contributed by atoms with Crippen LogP contribution in [-0.4, -0.2) is 17.1 Å². The van der Waals surface area contributed by atoms with Gasteiger partial charge >= 0.3 is 0 Å². The fourth-order valence-electron chi connectivity index (χ4n) is 1.35. The number of hydrogen-bond acceptors (Lipinski definition) is 3. The van der Waals surface area contributed by atoms with Crippen molar-refractivity contribution in [3.63, 3.8) is 0 Å². The smallest absolute Gasteiger partial charge is 0.215 e. The zero-order valence-electron chi connectivity index (χ0n) is 8.07. The van der Waals surface area contributed by atoms with E-state index in [0.29, 0.717) is 12.1 Å². The second-order valence-electron chi connectivity index (χ2n) is 4.10. The SMILES string of the molecule is c1cc(NC2CC2)nc(OC2CC2)c1. The van der Waals surface area contributed by atoms with Crippen molar-refractivity contribution in [3.8, 4) is 5.88 Å². The Labute approximate surface area is 83.5 Å². The van der Waals surface area contributed by atoms with Gasteiger partial charge in [0, 0.05) is 12.1 Å². The Morgan fingerprint density at radius 2 is 2.07 bits per heavy atom. The predicted molar refractivity (Wildman–Crippen MR) is 54.5 cm³/mol. The molecule has 2 aliphatic carbocycles. The van der Waals surface area contributed by atoms with E-state index in [-0.39, 0.29) is 0 Å². The molecule has 1 aromatic rings. The molecule has 74 valence electrons. The summed E-state index contributed by atoms with van der Waals surface area (Å²) in [6.07, 6.45) is 5.34. The molecule has 0 aliphatic heterocycles. The molecule has 0 amide bonds. The Balaban J connectivity index is 1.68. The molecule has 0 aromatic carbocycles. The summed E-state index contributed by atoms with van der Waals surface area (Å²) in [7, 11) is 0. The van der Waals surface area contributed by atoms with Crippen LogP contribution < -0.4 is 10.1 Å². The summed E-state index contributed by atoms with van der Waals surface area (Å²) in [5.74, 6) is 1.71. The number of ether oxygens (including phenoxy) is 1. The molecule has 0 unspecified atom stereocenters. The van der Waals surface area contributed by atoms with E-state index in [4.69, 9.17) is 4.74 Å². The van der Waals surface area contributed by atoms with E-state index in [0.717, 1.165) is 11.7 Å². The Hall–Kier alpha value is -1.25. The van der Waals surface area contributed by atoms with Gasteiger partial charge in [-0.25, -0.2) is 0 Å². The third-order valence-corrected chi connectivity index (χ3v) is 2.46. The number of pyridine rings is 1. The summed E-state index contributed by atoms with van der Waals surface area (Å²) in [5.41, 5.74) is 0. The molecule has 1 N–H and O–H groups in total. The van der Waals surface area contributed by atoms with E-state index in [1.165, 1.54) is 25.7 Å². The number of nitrogens with zero attached hydrogens (tertiary/aromatic N) is 1. The fourth-order valence-corrected chi connectivity index (χ4v) is 1.35. The number of hydrogen-bond donors (Lipinski definition) is 1. The minimum Gasteiger partial charge on any atom is -0.474 e. The molecular weight excluding hydrogens is 176 g/mol. The van der Waals surface area contributed by atoms with Gasteiger partial charge in [-0.05, 0) is 31.7 Å². The van der Waals surface area contributed by atoms with Gasteiger partial charge in [-0.15, -0.1) is 0 Å². The molecule has 1 heterocycles. The summed E-state index contributed by atoms with van der Waals surface area (Å²) in [4.78, 5) is 4.40. The van der Waals surface area contributed by atoms with Gasteiger partial charge in [0.15, 0.2) is 0 Å². The predicted octanol–water partition coefficient (Wildman–Crippen LogP) is 2.20. The molecule has 2 saturated carbocycles. The van der Waals surface area contributed by atoms with Crippen molar-refractivity contribution >= 4 is 5.82 Å². The highest BCUT2D eigenvalue weighted by atomic mass is 16.5. The van der Waals surface area contributed by atoms with Crippen LogP contribution in [0.4, 0.5) is 5.82 Å². The molecule has 0 bridgehead atoms. The molecule has 0 saturated heterocycles. The monoisotopic (exact) mass is 190 g/mol. The number of anilines is 1. The van der Waals surface area contributed by atoms with Crippen molar-refractivity contribution < 1.29 is 4.74 Å². The van der Waals surface area contributed by atoms with Gasteiger partial charge in [-0.3, -0.25) is 0 Å². The lowest BCUT2D eigenvalue weighted by atomic mass is 10.4. The van der Waals surface area contributed by atoms with E-state index < -0.39 is 0 Å². The molecule has 1 aromatic heterocycles. The van der Waals surface area contributed by atoms with E-state index in [9.17, 15) is 0 Å². The molecule has 3 nitrogen and oxygen atoms in total. The molecular formula is C11H14N2O. The highest BCUT2D eigenvalue weighted by Gasteiger charge is 2.24. The highest BCUT2D eigenvalue weighted by molar-refractivity contribution is 5.39. The van der Waals surface area contributed by atoms with Crippen molar-refractivity contribution in [2.45, 2.75) is 37.8 Å². The van der Waals surface area contributed by atoms with Crippen LogP contribution in [0.2, 0.25) is 0 Å². The largest absolute Gasteiger partial charge is 0.474 e. The van der Waals surface area contributed by atoms with Crippen LogP contribution in [0.1, 0.15) is 25.7 Å². The summed E-state index contributed by atoms with van der Waals surface area (Å²) < 4.78 is 5.62. The standard InChI is InChI=1S/C11H14N2O/c1-2-10(12-8-4-5-8)13-11(3-1)14-9-6-7-9/h1-3,8-9H,4-7H2,(H,12,13). The topological polar surface area (TPSA) is 34.2 Å². The third-order valence-electron chi connectivity index (χ3n) is 2.46. The first kappa shape index (κ1) is 8.09. The van der Waals surface area contributed by atoms with Gasteiger partial charge in [-0.1, -0.05) is 6.07 Å². The summed E-state index contributed by atoms with van der Waals surface area (Å²) in [6, 6.07) is 6.57. The Morgan fingerprint density at radius 1 is 1.21 bits per heavy atom. The maximum absolute atomic E-state index is 5.62. The van der Waals surface area contributed by atoms with Gasteiger partial charge in [0.2, 0.25) is 5.88 Å². The second kappa shape index (κ2) is 3.15. The molecule has 3 heteroatoms. The van der Waals surface area contributed by atoms with Gasteiger partial charge in [0.1, 0.15) is 11.9 Å². The average molecular weight is 190 g/mol. The third kappa shape index (κ3) is 1.97. The Bertz CT molecular complexity index is 303. The lowest BCUT2D eigenvalue weighted by molar-refractivity contribution is 0.291. The quantitative estimate of drug-likeness (QED) is 0.790. The van der Waals surface area contributed by atoms with Crippen LogP contribution in [0.25, 0.3) is 0 Å². The van der Waals surface area contributed by atoms with Crippen molar-refractivity contribution in [3.05, 3.63) is 18.2 Å². The first-order valence-corrected chi connectivity index (χ1v) is 5.30. The van der Waals surface area contributed by atoms with Crippen molar-refractivity contribution in [1.82, 2.24) is 4.98 Å². The zero-order chi connectivity index (χ0) is 9.38. The molecule has 0 radical (unpaired) electrons. The Kier molecular flexibility index (Phi) is 1.82. The van der Waals surface area contributed by atoms with Gasteiger partial charge in [-0.2, -0.15) is 4.98 Å². The van der Waals surface area contributed by atoms with Gasteiger partial charge in [0.05, 0.1) is 0 Å². The van der Waals surface area contributed by atoms with Crippen molar-refractivity contribution in [1.29, 1.82) is 0 Å². The van der Waals surface area contributed by atoms with E-state index in [1.807, 2.05) is 18.2 Å². The molecule has 2 fully saturated rings. The number of rotatable bonds is 4. The maximum Gasteiger partial charge on any atom is 0.215 e. The fraction of sp³-hybridized carbons (Fsp3) is 0.545. The first-order chi connectivity index (χ1) is 6.90. The molecule has 0 spiro atoms. The van der Waals surface area contributed by atoms with Crippen LogP contribution in [0.3, 0.4) is 0 Å². The van der Waals surface area contributed by atoms with Crippen LogP contribution in [0.5, 0.6) is 5.88 Å². The van der Waals surface area contributed by atoms with E-state index in [2.05, 4.69) is 10.3 Å². The first-order valence-electron chi connectivity index (χ1n) is 5.30. The lowest BCUT2D eigenvalue weighted by Gasteiger charge is -2.06. The maximum atomic E-state index is 5.62. The van der Waals surface area contributed by atoms with Crippen LogP contribution in [-0.2, 0) is 0 Å². The van der Waals surface area contributed by atoms with E-state index >= 15 is 0 Å². The Morgan fingerprint density at radius 3 is 2.79 bits per heavy atom. The highest BCUT2D eigenvalue weighted by Crippen LogP contribution is 2.27. The average Bonchev–Trinajstić information content (AvgIpc) is 3.00. The van der Waals surface area contributed by atoms with Crippen molar-refractivity contribution in [2.24, 2.45) is 0 Å². The van der Waals surface area contributed by atoms with Crippen LogP contribution in [0, 0.1) is 0 Å². The molecule has 2 aliphatic rings. The normalized spacial score (nSPS) is 20.6.